The topological polar surface area (TPSA) is 59.6 Å². The molecule has 0 spiro atoms. The van der Waals surface area contributed by atoms with Crippen LogP contribution < -0.4 is 0 Å². The van der Waals surface area contributed by atoms with E-state index in [-0.39, 0.29) is 0 Å². The van der Waals surface area contributed by atoms with Crippen LogP contribution in [0.2, 0.25) is 5.02 Å². The van der Waals surface area contributed by atoms with Gasteiger partial charge in [-0.05, 0) is 25.1 Å². The number of carboxylic acids is 1. The first-order valence-corrected chi connectivity index (χ1v) is 8.43. The molecule has 6 heteroatoms. The molecule has 1 aromatic carbocycles. The smallest absolute Gasteiger partial charge is 0.325 e. The number of carbonyl (C=O) groups is 1. The summed E-state index contributed by atoms with van der Waals surface area (Å²) in [5.74, 6) is -0.829. The fraction of sp³-hybridized carbons (Fsp3) is 0.389. The fourth-order valence-corrected chi connectivity index (χ4v) is 3.56. The van der Waals surface area contributed by atoms with Gasteiger partial charge in [0.05, 0.1) is 0 Å². The van der Waals surface area contributed by atoms with Gasteiger partial charge in [0.1, 0.15) is 6.04 Å². The molecular weight excluding hydrogens is 326 g/mol. The minimum atomic E-state index is -0.829. The molecule has 0 radical (unpaired) electrons. The number of nitrogens with one attached hydrogen (secondary N) is 1. The molecule has 128 valence electrons. The van der Waals surface area contributed by atoms with Crippen molar-refractivity contribution in [3.05, 3.63) is 47.1 Å². The standard InChI is InChI=1S/C18H22ClN3O2/c1-12(2)11-21-5-7-22(8-6-21)17(18(23)24)15-10-20-16-4-3-13(19)9-14(15)16/h3-4,9-10,17,20H,1,5-8,11H2,2H3,(H,23,24). The number of aromatic nitrogens is 1. The SMILES string of the molecule is C=C(C)CN1CCN(C(C(=O)O)c2c[nH]c3ccc(Cl)cc23)CC1. The zero-order valence-electron chi connectivity index (χ0n) is 13.8. The lowest BCUT2D eigenvalue weighted by Gasteiger charge is -2.37. The maximum absolute atomic E-state index is 12.0. The van der Waals surface area contributed by atoms with Gasteiger partial charge in [0.25, 0.3) is 0 Å². The minimum absolute atomic E-state index is 0.610. The number of benzene rings is 1. The number of aliphatic carboxylic acids is 1. The molecule has 1 aliphatic rings. The number of carboxylic acid groups (broad SMARTS) is 1. The van der Waals surface area contributed by atoms with Crippen LogP contribution in [0.5, 0.6) is 0 Å². The van der Waals surface area contributed by atoms with Crippen LogP contribution in [0.3, 0.4) is 0 Å². The summed E-state index contributed by atoms with van der Waals surface area (Å²) in [7, 11) is 0. The predicted molar refractivity (Wildman–Crippen MR) is 96.5 cm³/mol. The highest BCUT2D eigenvalue weighted by Gasteiger charge is 2.32. The van der Waals surface area contributed by atoms with E-state index in [9.17, 15) is 9.90 Å². The van der Waals surface area contributed by atoms with E-state index in [1.54, 1.807) is 12.3 Å². The van der Waals surface area contributed by atoms with Crippen LogP contribution in [-0.4, -0.2) is 58.6 Å². The summed E-state index contributed by atoms with van der Waals surface area (Å²) in [4.78, 5) is 19.5. The van der Waals surface area contributed by atoms with Gasteiger partial charge < -0.3 is 10.1 Å². The summed E-state index contributed by atoms with van der Waals surface area (Å²) in [6.45, 7) is 9.97. The maximum Gasteiger partial charge on any atom is 0.325 e. The first kappa shape index (κ1) is 17.0. The van der Waals surface area contributed by atoms with E-state index in [0.29, 0.717) is 5.02 Å². The van der Waals surface area contributed by atoms with Gasteiger partial charge in [0.2, 0.25) is 0 Å². The summed E-state index contributed by atoms with van der Waals surface area (Å²) in [6.07, 6.45) is 1.79. The van der Waals surface area contributed by atoms with E-state index >= 15 is 0 Å². The van der Waals surface area contributed by atoms with E-state index in [0.717, 1.165) is 54.8 Å². The van der Waals surface area contributed by atoms with E-state index in [1.807, 2.05) is 24.0 Å². The fourth-order valence-electron chi connectivity index (χ4n) is 3.39. The van der Waals surface area contributed by atoms with E-state index in [2.05, 4.69) is 16.5 Å². The van der Waals surface area contributed by atoms with Gasteiger partial charge >= 0.3 is 5.97 Å². The highest BCUT2D eigenvalue weighted by Crippen LogP contribution is 2.31. The molecule has 1 saturated heterocycles. The number of nitrogens with zero attached hydrogens (tertiary/aromatic N) is 2. The van der Waals surface area contributed by atoms with Crippen molar-refractivity contribution in [3.8, 4) is 0 Å². The number of H-pyrrole nitrogens is 1. The summed E-state index contributed by atoms with van der Waals surface area (Å²) >= 11 is 6.10. The largest absolute Gasteiger partial charge is 0.480 e. The number of rotatable bonds is 5. The molecule has 0 saturated carbocycles. The van der Waals surface area contributed by atoms with Crippen molar-refractivity contribution in [3.63, 3.8) is 0 Å². The maximum atomic E-state index is 12.0. The predicted octanol–water partition coefficient (Wildman–Crippen LogP) is 3.14. The van der Waals surface area contributed by atoms with Crippen molar-refractivity contribution in [1.29, 1.82) is 0 Å². The zero-order valence-corrected chi connectivity index (χ0v) is 14.5. The van der Waals surface area contributed by atoms with Crippen molar-refractivity contribution >= 4 is 28.5 Å². The molecular formula is C18H22ClN3O2. The second-order valence-electron chi connectivity index (χ2n) is 6.44. The number of hydrogen-bond acceptors (Lipinski definition) is 3. The molecule has 2 heterocycles. The Kier molecular flexibility index (Phi) is 4.94. The molecule has 0 bridgehead atoms. The van der Waals surface area contributed by atoms with Crippen LogP contribution in [-0.2, 0) is 4.79 Å². The van der Waals surface area contributed by atoms with Gasteiger partial charge in [-0.15, -0.1) is 0 Å². The Balaban J connectivity index is 1.84. The molecule has 1 fully saturated rings. The zero-order chi connectivity index (χ0) is 17.3. The third kappa shape index (κ3) is 3.48. The lowest BCUT2D eigenvalue weighted by atomic mass is 10.0. The van der Waals surface area contributed by atoms with E-state index < -0.39 is 12.0 Å². The molecule has 1 unspecified atom stereocenters. The van der Waals surface area contributed by atoms with Crippen LogP contribution in [0.4, 0.5) is 0 Å². The van der Waals surface area contributed by atoms with Gasteiger partial charge in [-0.3, -0.25) is 14.6 Å². The molecule has 2 N–H and O–H groups in total. The normalized spacial score (nSPS) is 17.9. The van der Waals surface area contributed by atoms with Crippen LogP contribution in [0.1, 0.15) is 18.5 Å². The molecule has 0 aliphatic carbocycles. The van der Waals surface area contributed by atoms with Gasteiger partial charge in [-0.25, -0.2) is 0 Å². The monoisotopic (exact) mass is 347 g/mol. The molecule has 24 heavy (non-hydrogen) atoms. The molecule has 1 aliphatic heterocycles. The van der Waals surface area contributed by atoms with Crippen LogP contribution in [0.15, 0.2) is 36.5 Å². The lowest BCUT2D eigenvalue weighted by Crippen LogP contribution is -2.49. The van der Waals surface area contributed by atoms with E-state index in [1.165, 1.54) is 0 Å². The first-order chi connectivity index (χ1) is 11.5. The third-order valence-corrected chi connectivity index (χ3v) is 4.70. The molecule has 3 rings (SSSR count). The van der Waals surface area contributed by atoms with Crippen LogP contribution >= 0.6 is 11.6 Å². The third-order valence-electron chi connectivity index (χ3n) is 4.47. The molecule has 0 amide bonds. The quantitative estimate of drug-likeness (QED) is 0.816. The Hall–Kier alpha value is -1.82. The molecule has 2 aromatic rings. The molecule has 1 atom stereocenters. The minimum Gasteiger partial charge on any atom is -0.480 e. The number of hydrogen-bond donors (Lipinski definition) is 2. The Morgan fingerprint density at radius 3 is 2.71 bits per heavy atom. The number of halogens is 1. The van der Waals surface area contributed by atoms with Crippen molar-refractivity contribution in [2.45, 2.75) is 13.0 Å². The van der Waals surface area contributed by atoms with Crippen molar-refractivity contribution in [1.82, 2.24) is 14.8 Å². The number of fused-ring (bicyclic) bond motifs is 1. The summed E-state index contributed by atoms with van der Waals surface area (Å²) in [5.41, 5.74) is 2.81. The Morgan fingerprint density at radius 1 is 1.38 bits per heavy atom. The van der Waals surface area contributed by atoms with Crippen molar-refractivity contribution in [2.24, 2.45) is 0 Å². The number of aromatic amines is 1. The Morgan fingerprint density at radius 2 is 2.08 bits per heavy atom. The van der Waals surface area contributed by atoms with Gasteiger partial charge in [0.15, 0.2) is 0 Å². The van der Waals surface area contributed by atoms with Gasteiger partial charge in [-0.1, -0.05) is 23.8 Å². The second kappa shape index (κ2) is 6.97. The Bertz CT molecular complexity index is 763. The Labute approximate surface area is 146 Å². The van der Waals surface area contributed by atoms with Gasteiger partial charge in [-0.2, -0.15) is 0 Å². The van der Waals surface area contributed by atoms with E-state index in [4.69, 9.17) is 11.6 Å². The summed E-state index contributed by atoms with van der Waals surface area (Å²) in [5, 5.41) is 11.3. The number of piperazine rings is 1. The average Bonchev–Trinajstić information content (AvgIpc) is 2.91. The summed E-state index contributed by atoms with van der Waals surface area (Å²) < 4.78 is 0. The second-order valence-corrected chi connectivity index (χ2v) is 6.88. The van der Waals surface area contributed by atoms with Crippen LogP contribution in [0, 0.1) is 0 Å². The van der Waals surface area contributed by atoms with Crippen molar-refractivity contribution in [2.75, 3.05) is 32.7 Å². The highest BCUT2D eigenvalue weighted by molar-refractivity contribution is 6.31. The average molecular weight is 348 g/mol. The van der Waals surface area contributed by atoms with Crippen molar-refractivity contribution < 1.29 is 9.90 Å². The highest BCUT2D eigenvalue weighted by atomic mass is 35.5. The first-order valence-electron chi connectivity index (χ1n) is 8.06. The van der Waals surface area contributed by atoms with Gasteiger partial charge in [0, 0.05) is 60.4 Å². The summed E-state index contributed by atoms with van der Waals surface area (Å²) in [6, 6.07) is 4.85. The molecule has 5 nitrogen and oxygen atoms in total. The molecule has 1 aromatic heterocycles. The van der Waals surface area contributed by atoms with Crippen LogP contribution in [0.25, 0.3) is 10.9 Å². The lowest BCUT2D eigenvalue weighted by molar-refractivity contribution is -0.144.